The molecule has 0 fully saturated rings. The van der Waals surface area contributed by atoms with Crippen LogP contribution >= 0.6 is 0 Å². The first-order valence-corrected chi connectivity index (χ1v) is 15.9. The van der Waals surface area contributed by atoms with Crippen molar-refractivity contribution in [1.82, 2.24) is 0 Å². The van der Waals surface area contributed by atoms with Gasteiger partial charge in [-0.2, -0.15) is 0 Å². The second kappa shape index (κ2) is 12.3. The molecule has 0 aliphatic carbocycles. The molecular formula is C44H43N. The normalized spacial score (nSPS) is 11.8. The van der Waals surface area contributed by atoms with E-state index in [-0.39, 0.29) is 10.8 Å². The molecule has 0 amide bonds. The lowest BCUT2D eigenvalue weighted by molar-refractivity contribution is 0.590. The van der Waals surface area contributed by atoms with Gasteiger partial charge in [-0.05, 0) is 103 Å². The molecule has 0 aliphatic rings. The van der Waals surface area contributed by atoms with E-state index >= 15 is 0 Å². The Morgan fingerprint density at radius 3 is 0.889 bits per heavy atom. The molecule has 1 N–H and O–H groups in total. The number of benzene rings is 6. The van der Waals surface area contributed by atoms with Gasteiger partial charge in [0.25, 0.3) is 0 Å². The Hall–Kier alpha value is -4.88. The molecule has 45 heavy (non-hydrogen) atoms. The van der Waals surface area contributed by atoms with Crippen molar-refractivity contribution < 1.29 is 0 Å². The summed E-state index contributed by atoms with van der Waals surface area (Å²) in [4.78, 5) is 0. The third-order valence-corrected chi connectivity index (χ3v) is 8.54. The summed E-state index contributed by atoms with van der Waals surface area (Å²) >= 11 is 0. The molecule has 6 rings (SSSR count). The van der Waals surface area contributed by atoms with E-state index in [9.17, 15) is 0 Å². The number of hydrogen-bond donors (Lipinski definition) is 1. The molecule has 0 radical (unpaired) electrons. The van der Waals surface area contributed by atoms with Gasteiger partial charge in [0.15, 0.2) is 0 Å². The summed E-state index contributed by atoms with van der Waals surface area (Å²) in [6, 6.07) is 53.0. The Kier molecular flexibility index (Phi) is 8.21. The maximum atomic E-state index is 3.82. The fraction of sp³-hybridized carbons (Fsp3) is 0.182. The summed E-state index contributed by atoms with van der Waals surface area (Å²) in [5.41, 5.74) is 14.6. The van der Waals surface area contributed by atoms with Gasteiger partial charge in [-0.1, -0.05) is 151 Å². The average molecular weight is 586 g/mol. The molecule has 6 aromatic rings. The molecule has 0 aromatic heterocycles. The van der Waals surface area contributed by atoms with Crippen LogP contribution in [0.2, 0.25) is 0 Å². The van der Waals surface area contributed by atoms with E-state index in [0.717, 1.165) is 11.4 Å². The van der Waals surface area contributed by atoms with Gasteiger partial charge in [-0.3, -0.25) is 0 Å². The number of anilines is 2. The lowest BCUT2D eigenvalue weighted by Crippen LogP contribution is -2.10. The summed E-state index contributed by atoms with van der Waals surface area (Å²) in [5.74, 6) is 0. The molecule has 1 nitrogen and oxygen atoms in total. The van der Waals surface area contributed by atoms with Gasteiger partial charge in [0.2, 0.25) is 0 Å². The minimum absolute atomic E-state index is 0.117. The van der Waals surface area contributed by atoms with Gasteiger partial charge < -0.3 is 5.32 Å². The summed E-state index contributed by atoms with van der Waals surface area (Å²) in [7, 11) is 0. The highest BCUT2D eigenvalue weighted by molar-refractivity contribution is 5.83. The van der Waals surface area contributed by atoms with E-state index in [1.54, 1.807) is 0 Å². The zero-order valence-electron chi connectivity index (χ0n) is 27.4. The van der Waals surface area contributed by atoms with Gasteiger partial charge in [0, 0.05) is 11.4 Å². The highest BCUT2D eigenvalue weighted by atomic mass is 14.9. The van der Waals surface area contributed by atoms with E-state index in [1.807, 2.05) is 0 Å². The van der Waals surface area contributed by atoms with E-state index in [2.05, 4.69) is 192 Å². The third kappa shape index (κ3) is 7.10. The molecule has 0 saturated heterocycles. The van der Waals surface area contributed by atoms with Crippen LogP contribution in [0.25, 0.3) is 44.5 Å². The molecule has 224 valence electrons. The highest BCUT2D eigenvalue weighted by Gasteiger charge is 2.15. The minimum Gasteiger partial charge on any atom is -0.355 e. The monoisotopic (exact) mass is 585 g/mol. The van der Waals surface area contributed by atoms with Crippen LogP contribution in [0, 0.1) is 0 Å². The Bertz CT molecular complexity index is 1740. The molecule has 6 aromatic carbocycles. The molecule has 0 unspecified atom stereocenters. The van der Waals surface area contributed by atoms with Crippen LogP contribution in [-0.2, 0) is 10.8 Å². The Morgan fingerprint density at radius 1 is 0.311 bits per heavy atom. The number of nitrogens with one attached hydrogen (secondary N) is 1. The summed E-state index contributed by atoms with van der Waals surface area (Å²) in [6.45, 7) is 13.6. The van der Waals surface area contributed by atoms with Crippen LogP contribution in [0.1, 0.15) is 52.7 Å². The average Bonchev–Trinajstić information content (AvgIpc) is 3.04. The minimum atomic E-state index is 0.117. The van der Waals surface area contributed by atoms with Gasteiger partial charge in [-0.25, -0.2) is 0 Å². The fourth-order valence-electron chi connectivity index (χ4n) is 5.82. The van der Waals surface area contributed by atoms with Crippen LogP contribution < -0.4 is 5.32 Å². The van der Waals surface area contributed by atoms with Crippen LogP contribution in [0.3, 0.4) is 0 Å². The maximum Gasteiger partial charge on any atom is 0.0396 e. The lowest BCUT2D eigenvalue weighted by atomic mass is 9.86. The molecule has 0 heterocycles. The predicted octanol–water partition coefficient (Wildman–Crippen LogP) is 12.7. The van der Waals surface area contributed by atoms with Crippen molar-refractivity contribution in [3.8, 4) is 44.5 Å². The van der Waals surface area contributed by atoms with Crippen molar-refractivity contribution in [3.63, 3.8) is 0 Å². The van der Waals surface area contributed by atoms with Crippen molar-refractivity contribution in [2.45, 2.75) is 52.4 Å². The summed E-state index contributed by atoms with van der Waals surface area (Å²) in [6.07, 6.45) is 0. The van der Waals surface area contributed by atoms with E-state index < -0.39 is 0 Å². The van der Waals surface area contributed by atoms with Gasteiger partial charge in [0.1, 0.15) is 0 Å². The van der Waals surface area contributed by atoms with E-state index in [1.165, 1.54) is 55.6 Å². The first kappa shape index (κ1) is 30.2. The van der Waals surface area contributed by atoms with Gasteiger partial charge >= 0.3 is 0 Å². The van der Waals surface area contributed by atoms with E-state index in [0.29, 0.717) is 0 Å². The molecule has 0 spiro atoms. The second-order valence-corrected chi connectivity index (χ2v) is 14.1. The quantitative estimate of drug-likeness (QED) is 0.205. The second-order valence-electron chi connectivity index (χ2n) is 14.1. The Labute approximate surface area is 269 Å². The van der Waals surface area contributed by atoms with Gasteiger partial charge in [-0.15, -0.1) is 0 Å². The number of hydrogen-bond acceptors (Lipinski definition) is 1. The van der Waals surface area contributed by atoms with Crippen LogP contribution in [0.4, 0.5) is 11.4 Å². The molecule has 0 saturated carbocycles. The molecule has 0 atom stereocenters. The molecule has 1 heteroatoms. The van der Waals surface area contributed by atoms with Crippen LogP contribution in [0.15, 0.2) is 146 Å². The standard InChI is InChI=1S/C44H43N/c1-43(2,3)39-21-17-33(18-22-39)37-25-35(31-13-9-7-10-14-31)27-41(29-37)45-42-28-36(32-15-11-8-12-16-32)26-38(30-42)34-19-23-40(24-20-34)44(4,5)6/h7-30,45H,1-6H3. The van der Waals surface area contributed by atoms with Crippen LogP contribution in [-0.4, -0.2) is 0 Å². The smallest absolute Gasteiger partial charge is 0.0396 e. The first-order valence-electron chi connectivity index (χ1n) is 15.9. The van der Waals surface area contributed by atoms with Crippen molar-refractivity contribution in [1.29, 1.82) is 0 Å². The van der Waals surface area contributed by atoms with Crippen molar-refractivity contribution in [3.05, 3.63) is 157 Å². The maximum absolute atomic E-state index is 3.82. The molecule has 0 aliphatic heterocycles. The fourth-order valence-corrected chi connectivity index (χ4v) is 5.82. The Morgan fingerprint density at radius 2 is 0.600 bits per heavy atom. The van der Waals surface area contributed by atoms with Crippen LogP contribution in [0.5, 0.6) is 0 Å². The third-order valence-electron chi connectivity index (χ3n) is 8.54. The first-order chi connectivity index (χ1) is 21.5. The SMILES string of the molecule is CC(C)(C)c1ccc(-c2cc(Nc3cc(-c4ccccc4)cc(-c4ccc(C(C)(C)C)cc4)c3)cc(-c3ccccc3)c2)cc1. The van der Waals surface area contributed by atoms with E-state index in [4.69, 9.17) is 0 Å². The largest absolute Gasteiger partial charge is 0.355 e. The zero-order chi connectivity index (χ0) is 31.6. The summed E-state index contributed by atoms with van der Waals surface area (Å²) in [5, 5.41) is 3.82. The highest BCUT2D eigenvalue weighted by Crippen LogP contribution is 2.36. The summed E-state index contributed by atoms with van der Waals surface area (Å²) < 4.78 is 0. The molecular weight excluding hydrogens is 542 g/mol. The predicted molar refractivity (Wildman–Crippen MR) is 195 cm³/mol. The zero-order valence-corrected chi connectivity index (χ0v) is 27.4. The Balaban J connectivity index is 1.44. The van der Waals surface area contributed by atoms with Gasteiger partial charge in [0.05, 0.1) is 0 Å². The van der Waals surface area contributed by atoms with Crippen molar-refractivity contribution in [2.24, 2.45) is 0 Å². The topological polar surface area (TPSA) is 12.0 Å². The van der Waals surface area contributed by atoms with Crippen molar-refractivity contribution >= 4 is 11.4 Å². The lowest BCUT2D eigenvalue weighted by Gasteiger charge is -2.20. The number of rotatable bonds is 6. The van der Waals surface area contributed by atoms with Crippen molar-refractivity contribution in [2.75, 3.05) is 5.32 Å². The molecule has 0 bridgehead atoms.